The van der Waals surface area contributed by atoms with Gasteiger partial charge in [0.15, 0.2) is 0 Å². The zero-order valence-corrected chi connectivity index (χ0v) is 21.7. The minimum atomic E-state index is -0.414. The standard InChI is InChI=1S/C27H25ClN4O4S/c1-36-20-8-10-23-22(16-20)26(21-9-5-18(28)15-24(21)30-23)29-12-2-13-31-25(33)11-14-37-27(31)17-3-6-19(7-4-17)32(34)35/h3-10,15-16,27H,2,11-14H2,1H3,(H,29,30). The number of methoxy groups -OCH3 is 1. The number of halogens is 1. The maximum Gasteiger partial charge on any atom is 0.269 e. The predicted octanol–water partition coefficient (Wildman–Crippen LogP) is 6.42. The van der Waals surface area contributed by atoms with Gasteiger partial charge in [-0.1, -0.05) is 11.6 Å². The average Bonchev–Trinajstić information content (AvgIpc) is 2.90. The summed E-state index contributed by atoms with van der Waals surface area (Å²) in [6.07, 6.45) is 1.21. The molecule has 1 fully saturated rings. The molecule has 2 heterocycles. The first kappa shape index (κ1) is 25.1. The number of benzene rings is 3. The maximum atomic E-state index is 12.8. The minimum absolute atomic E-state index is 0.0429. The number of carbonyl (C=O) groups is 1. The van der Waals surface area contributed by atoms with Crippen molar-refractivity contribution in [2.24, 2.45) is 0 Å². The third kappa shape index (κ3) is 5.28. The number of pyridine rings is 1. The molecule has 0 spiro atoms. The first-order valence-corrected chi connectivity index (χ1v) is 13.3. The first-order valence-electron chi connectivity index (χ1n) is 11.9. The topological polar surface area (TPSA) is 97.6 Å². The Morgan fingerprint density at radius 3 is 2.70 bits per heavy atom. The van der Waals surface area contributed by atoms with E-state index in [1.54, 1.807) is 31.0 Å². The van der Waals surface area contributed by atoms with Gasteiger partial charge in [0.05, 0.1) is 28.8 Å². The third-order valence-electron chi connectivity index (χ3n) is 6.40. The largest absolute Gasteiger partial charge is 0.497 e. The summed E-state index contributed by atoms with van der Waals surface area (Å²) in [6.45, 7) is 1.20. The van der Waals surface area contributed by atoms with Gasteiger partial charge in [0, 0.05) is 53.2 Å². The van der Waals surface area contributed by atoms with Crippen molar-refractivity contribution in [1.82, 2.24) is 9.88 Å². The number of ether oxygens (including phenoxy) is 1. The van der Waals surface area contributed by atoms with E-state index in [-0.39, 0.29) is 17.0 Å². The number of hydrogen-bond acceptors (Lipinski definition) is 7. The lowest BCUT2D eigenvalue weighted by Crippen LogP contribution is -2.38. The lowest BCUT2D eigenvalue weighted by molar-refractivity contribution is -0.384. The summed E-state index contributed by atoms with van der Waals surface area (Å²) >= 11 is 7.92. The molecule has 0 saturated carbocycles. The highest BCUT2D eigenvalue weighted by molar-refractivity contribution is 7.99. The predicted molar refractivity (Wildman–Crippen MR) is 149 cm³/mol. The van der Waals surface area contributed by atoms with Gasteiger partial charge in [-0.25, -0.2) is 4.98 Å². The molecule has 5 rings (SSSR count). The van der Waals surface area contributed by atoms with Crippen LogP contribution in [0.2, 0.25) is 5.02 Å². The number of fused-ring (bicyclic) bond motifs is 2. The number of nitro groups is 1. The van der Waals surface area contributed by atoms with E-state index in [0.29, 0.717) is 24.5 Å². The van der Waals surface area contributed by atoms with Gasteiger partial charge in [-0.3, -0.25) is 14.9 Å². The molecule has 1 N–H and O–H groups in total. The number of nitro benzene ring substituents is 1. The van der Waals surface area contributed by atoms with Crippen LogP contribution in [0.3, 0.4) is 0 Å². The van der Waals surface area contributed by atoms with Crippen molar-refractivity contribution in [3.05, 3.63) is 81.4 Å². The van der Waals surface area contributed by atoms with E-state index >= 15 is 0 Å². The molecule has 190 valence electrons. The molecule has 1 aliphatic rings. The molecule has 10 heteroatoms. The summed E-state index contributed by atoms with van der Waals surface area (Å²) in [6, 6.07) is 17.9. The summed E-state index contributed by atoms with van der Waals surface area (Å²) in [7, 11) is 1.64. The van der Waals surface area contributed by atoms with E-state index in [1.165, 1.54) is 12.1 Å². The molecule has 4 aromatic rings. The first-order chi connectivity index (χ1) is 17.9. The Morgan fingerprint density at radius 1 is 1.14 bits per heavy atom. The van der Waals surface area contributed by atoms with Gasteiger partial charge in [-0.05, 0) is 60.5 Å². The number of hydrogen-bond donors (Lipinski definition) is 1. The fourth-order valence-corrected chi connectivity index (χ4v) is 6.01. The summed E-state index contributed by atoms with van der Waals surface area (Å²) in [4.78, 5) is 30.1. The fraction of sp³-hybridized carbons (Fsp3) is 0.259. The minimum Gasteiger partial charge on any atom is -0.497 e. The molecular weight excluding hydrogens is 512 g/mol. The number of aromatic nitrogens is 1. The van der Waals surface area contributed by atoms with E-state index in [2.05, 4.69) is 5.32 Å². The van der Waals surface area contributed by atoms with Gasteiger partial charge in [0.25, 0.3) is 5.69 Å². The molecule has 0 bridgehead atoms. The molecule has 1 atom stereocenters. The Bertz CT molecular complexity index is 1480. The van der Waals surface area contributed by atoms with Crippen LogP contribution in [0.4, 0.5) is 11.4 Å². The van der Waals surface area contributed by atoms with Crippen LogP contribution in [0.5, 0.6) is 5.75 Å². The summed E-state index contributed by atoms with van der Waals surface area (Å²) in [5, 5.41) is 17.0. The number of thioether (sulfide) groups is 1. The van der Waals surface area contributed by atoms with Crippen LogP contribution >= 0.6 is 23.4 Å². The Labute approximate surface area is 223 Å². The molecule has 1 unspecified atom stereocenters. The fourth-order valence-electron chi connectivity index (χ4n) is 4.58. The lowest BCUT2D eigenvalue weighted by Gasteiger charge is -2.35. The number of nitrogens with one attached hydrogen (secondary N) is 1. The van der Waals surface area contributed by atoms with Crippen LogP contribution in [0, 0.1) is 10.1 Å². The summed E-state index contributed by atoms with van der Waals surface area (Å²) < 4.78 is 5.44. The van der Waals surface area contributed by atoms with Gasteiger partial charge in [-0.15, -0.1) is 11.8 Å². The number of nitrogens with zero attached hydrogens (tertiary/aromatic N) is 3. The maximum absolute atomic E-state index is 12.8. The monoisotopic (exact) mass is 536 g/mol. The Hall–Kier alpha value is -3.56. The molecule has 0 radical (unpaired) electrons. The van der Waals surface area contributed by atoms with Crippen molar-refractivity contribution in [2.45, 2.75) is 18.2 Å². The zero-order valence-electron chi connectivity index (χ0n) is 20.1. The van der Waals surface area contributed by atoms with Gasteiger partial charge < -0.3 is 15.0 Å². The second kappa shape index (κ2) is 10.8. The Morgan fingerprint density at radius 2 is 1.95 bits per heavy atom. The third-order valence-corrected chi connectivity index (χ3v) is 7.92. The van der Waals surface area contributed by atoms with Gasteiger partial charge >= 0.3 is 0 Å². The van der Waals surface area contributed by atoms with Gasteiger partial charge in [-0.2, -0.15) is 0 Å². The molecule has 8 nitrogen and oxygen atoms in total. The van der Waals surface area contributed by atoms with Crippen molar-refractivity contribution in [3.63, 3.8) is 0 Å². The average molecular weight is 537 g/mol. The van der Waals surface area contributed by atoms with Crippen LogP contribution in [-0.2, 0) is 4.79 Å². The Balaban J connectivity index is 1.35. The van der Waals surface area contributed by atoms with Crippen molar-refractivity contribution in [2.75, 3.05) is 31.3 Å². The molecule has 37 heavy (non-hydrogen) atoms. The molecule has 3 aromatic carbocycles. The smallest absolute Gasteiger partial charge is 0.269 e. The molecule has 1 saturated heterocycles. The van der Waals surface area contributed by atoms with E-state index in [1.807, 2.05) is 41.3 Å². The van der Waals surface area contributed by atoms with Crippen LogP contribution in [0.15, 0.2) is 60.7 Å². The molecule has 1 aromatic heterocycles. The molecular formula is C27H25ClN4O4S. The molecule has 1 amide bonds. The summed E-state index contributed by atoms with van der Waals surface area (Å²) in [5.41, 5.74) is 3.52. The normalized spacial score (nSPS) is 15.8. The quantitative estimate of drug-likeness (QED) is 0.120. The van der Waals surface area contributed by atoms with Crippen molar-refractivity contribution >= 4 is 62.5 Å². The SMILES string of the molecule is COc1ccc2nc3cc(Cl)ccc3c(NCCCN3C(=O)CCSC3c3ccc([N+](=O)[O-])cc3)c2c1. The van der Waals surface area contributed by atoms with Gasteiger partial charge in [0.2, 0.25) is 5.91 Å². The van der Waals surface area contributed by atoms with Crippen molar-refractivity contribution in [3.8, 4) is 5.75 Å². The number of non-ortho nitro benzene ring substituents is 1. The van der Waals surface area contributed by atoms with Crippen LogP contribution in [0.25, 0.3) is 21.8 Å². The van der Waals surface area contributed by atoms with Crippen molar-refractivity contribution < 1.29 is 14.5 Å². The molecule has 1 aliphatic heterocycles. The van der Waals surface area contributed by atoms with Crippen molar-refractivity contribution in [1.29, 1.82) is 0 Å². The van der Waals surface area contributed by atoms with Crippen LogP contribution in [-0.4, -0.2) is 46.7 Å². The highest BCUT2D eigenvalue weighted by atomic mass is 35.5. The number of amides is 1. The Kier molecular flexibility index (Phi) is 7.34. The second-order valence-electron chi connectivity index (χ2n) is 8.72. The van der Waals surface area contributed by atoms with Crippen LogP contribution in [0.1, 0.15) is 23.8 Å². The summed E-state index contributed by atoms with van der Waals surface area (Å²) in [5.74, 6) is 1.57. The zero-order chi connectivity index (χ0) is 25.9. The number of anilines is 1. The van der Waals surface area contributed by atoms with E-state index in [4.69, 9.17) is 21.3 Å². The van der Waals surface area contributed by atoms with E-state index < -0.39 is 4.92 Å². The van der Waals surface area contributed by atoms with E-state index in [0.717, 1.165) is 51.0 Å². The van der Waals surface area contributed by atoms with Gasteiger partial charge in [0.1, 0.15) is 11.1 Å². The van der Waals surface area contributed by atoms with E-state index in [9.17, 15) is 14.9 Å². The number of rotatable bonds is 8. The molecule has 0 aliphatic carbocycles. The number of carbonyl (C=O) groups excluding carboxylic acids is 1. The second-order valence-corrected chi connectivity index (χ2v) is 10.3. The lowest BCUT2D eigenvalue weighted by atomic mass is 10.1. The highest BCUT2D eigenvalue weighted by Crippen LogP contribution is 2.38. The highest BCUT2D eigenvalue weighted by Gasteiger charge is 2.29. The van der Waals surface area contributed by atoms with Crippen LogP contribution < -0.4 is 10.1 Å².